The molecule has 0 radical (unpaired) electrons. The third kappa shape index (κ3) is 5.49. The second-order valence-corrected chi connectivity index (χ2v) is 13.8. The maximum absolute atomic E-state index is 14.7. The third-order valence-corrected chi connectivity index (χ3v) is 9.74. The SMILES string of the molecule is CC(C)c1cnc(N2CC([C@@H](C)S(C)(=O)=O)C2)c2cnc(Nc3ccnc(N4CC[C@H](O)[C@@](C)(F)C4)n3)cc12. The summed E-state index contributed by atoms with van der Waals surface area (Å²) < 4.78 is 38.7. The number of fused-ring (bicyclic) bond motifs is 1. The zero-order valence-corrected chi connectivity index (χ0v) is 23.8. The lowest BCUT2D eigenvalue weighted by atomic mass is 9.94. The van der Waals surface area contributed by atoms with Crippen molar-refractivity contribution in [1.82, 2.24) is 19.9 Å². The molecule has 10 nitrogen and oxygen atoms in total. The van der Waals surface area contributed by atoms with E-state index in [-0.39, 0.29) is 18.4 Å². The van der Waals surface area contributed by atoms with Gasteiger partial charge in [0.2, 0.25) is 5.95 Å². The van der Waals surface area contributed by atoms with Gasteiger partial charge in [-0.15, -0.1) is 0 Å². The Morgan fingerprint density at radius 3 is 2.51 bits per heavy atom. The van der Waals surface area contributed by atoms with Crippen LogP contribution < -0.4 is 15.1 Å². The fourth-order valence-corrected chi connectivity index (χ4v) is 6.13. The van der Waals surface area contributed by atoms with Gasteiger partial charge in [-0.1, -0.05) is 13.8 Å². The number of nitrogens with one attached hydrogen (secondary N) is 1. The predicted molar refractivity (Wildman–Crippen MR) is 151 cm³/mol. The van der Waals surface area contributed by atoms with E-state index >= 15 is 0 Å². The van der Waals surface area contributed by atoms with Crippen LogP contribution >= 0.6 is 0 Å². The topological polar surface area (TPSA) is 124 Å². The second-order valence-electron chi connectivity index (χ2n) is 11.4. The number of alkyl halides is 1. The summed E-state index contributed by atoms with van der Waals surface area (Å²) >= 11 is 0. The second kappa shape index (κ2) is 10.1. The molecule has 0 unspecified atom stereocenters. The number of anilines is 4. The molecule has 0 amide bonds. The molecule has 12 heteroatoms. The summed E-state index contributed by atoms with van der Waals surface area (Å²) in [6, 6.07) is 3.71. The van der Waals surface area contributed by atoms with Crippen molar-refractivity contribution in [1.29, 1.82) is 0 Å². The molecule has 2 aliphatic rings. The van der Waals surface area contributed by atoms with Crippen LogP contribution in [-0.2, 0) is 9.84 Å². The number of pyridine rings is 2. The van der Waals surface area contributed by atoms with Gasteiger partial charge in [0.25, 0.3) is 0 Å². The van der Waals surface area contributed by atoms with E-state index in [0.717, 1.165) is 22.2 Å². The lowest BCUT2D eigenvalue weighted by molar-refractivity contribution is -0.00860. The number of aliphatic hydroxyl groups excluding tert-OH is 1. The quantitative estimate of drug-likeness (QED) is 0.446. The van der Waals surface area contributed by atoms with Gasteiger partial charge < -0.3 is 20.2 Å². The monoisotopic (exact) mass is 557 g/mol. The lowest BCUT2D eigenvalue weighted by Crippen LogP contribution is -2.53. The standard InChI is InChI=1S/C27H36FN7O3S/c1-16(2)20-11-31-25(35-13-18(14-35)17(3)39(5,37)38)21-12-30-24(10-19(20)21)32-23-6-8-29-26(33-23)34-9-7-22(36)27(4,28)15-34/h6,8,10-12,16-18,22,36H,7,9,13-15H2,1-5H3,(H,29,30,32,33)/t17-,22+,27+/m1/s1. The van der Waals surface area contributed by atoms with Crippen LogP contribution in [0.25, 0.3) is 10.8 Å². The van der Waals surface area contributed by atoms with Gasteiger partial charge in [0.15, 0.2) is 5.67 Å². The van der Waals surface area contributed by atoms with E-state index in [2.05, 4.69) is 39.0 Å². The first kappa shape index (κ1) is 27.4. The van der Waals surface area contributed by atoms with Gasteiger partial charge in [0.1, 0.15) is 27.3 Å². The average Bonchev–Trinajstić information content (AvgIpc) is 2.84. The van der Waals surface area contributed by atoms with Crippen LogP contribution in [-0.4, -0.2) is 82.9 Å². The van der Waals surface area contributed by atoms with Crippen LogP contribution in [0.4, 0.5) is 27.8 Å². The first-order valence-electron chi connectivity index (χ1n) is 13.3. The van der Waals surface area contributed by atoms with Crippen molar-refractivity contribution in [3.8, 4) is 0 Å². The minimum Gasteiger partial charge on any atom is -0.390 e. The van der Waals surface area contributed by atoms with Gasteiger partial charge in [-0.2, -0.15) is 4.98 Å². The van der Waals surface area contributed by atoms with Crippen LogP contribution in [0, 0.1) is 5.92 Å². The van der Waals surface area contributed by atoms with E-state index in [1.54, 1.807) is 30.3 Å². The highest BCUT2D eigenvalue weighted by Crippen LogP contribution is 2.36. The zero-order chi connectivity index (χ0) is 28.1. The number of nitrogens with zero attached hydrogens (tertiary/aromatic N) is 6. The highest BCUT2D eigenvalue weighted by atomic mass is 32.2. The van der Waals surface area contributed by atoms with Crippen molar-refractivity contribution < 1.29 is 17.9 Å². The van der Waals surface area contributed by atoms with E-state index in [1.165, 1.54) is 13.2 Å². The minimum absolute atomic E-state index is 0.0136. The van der Waals surface area contributed by atoms with E-state index in [0.29, 0.717) is 43.6 Å². The number of piperidine rings is 1. The number of rotatable bonds is 7. The molecule has 2 aliphatic heterocycles. The fraction of sp³-hybridized carbons (Fsp3) is 0.556. The summed E-state index contributed by atoms with van der Waals surface area (Å²) in [7, 11) is -3.09. The smallest absolute Gasteiger partial charge is 0.227 e. The van der Waals surface area contributed by atoms with Crippen LogP contribution in [0.1, 0.15) is 45.6 Å². The molecule has 0 aliphatic carbocycles. The van der Waals surface area contributed by atoms with E-state index in [1.807, 2.05) is 12.3 Å². The Balaban J connectivity index is 1.40. The summed E-state index contributed by atoms with van der Waals surface area (Å²) in [6.07, 6.45) is 5.89. The number of hydrogen-bond acceptors (Lipinski definition) is 10. The zero-order valence-electron chi connectivity index (χ0n) is 23.0. The molecule has 5 heterocycles. The van der Waals surface area contributed by atoms with Crippen molar-refractivity contribution in [3.63, 3.8) is 0 Å². The molecule has 2 saturated heterocycles. The molecule has 3 atom stereocenters. The molecular weight excluding hydrogens is 521 g/mol. The molecule has 0 bridgehead atoms. The van der Waals surface area contributed by atoms with Gasteiger partial charge in [0, 0.05) is 55.8 Å². The highest BCUT2D eigenvalue weighted by Gasteiger charge is 2.40. The predicted octanol–water partition coefficient (Wildman–Crippen LogP) is 3.46. The fourth-order valence-electron chi connectivity index (χ4n) is 5.26. The maximum atomic E-state index is 14.7. The number of sulfone groups is 1. The van der Waals surface area contributed by atoms with Gasteiger partial charge in [-0.05, 0) is 49.3 Å². The van der Waals surface area contributed by atoms with Gasteiger partial charge in [-0.25, -0.2) is 27.8 Å². The van der Waals surface area contributed by atoms with Crippen molar-refractivity contribution in [2.24, 2.45) is 5.92 Å². The first-order chi connectivity index (χ1) is 18.3. The third-order valence-electron chi connectivity index (χ3n) is 8.00. The molecule has 0 saturated carbocycles. The number of aromatic nitrogens is 4. The van der Waals surface area contributed by atoms with Gasteiger partial charge in [0.05, 0.1) is 17.9 Å². The van der Waals surface area contributed by atoms with Crippen molar-refractivity contribution >= 4 is 44.0 Å². The van der Waals surface area contributed by atoms with E-state index in [4.69, 9.17) is 4.98 Å². The number of aliphatic hydroxyl groups is 1. The van der Waals surface area contributed by atoms with Crippen LogP contribution in [0.5, 0.6) is 0 Å². The Bertz CT molecular complexity index is 1480. The molecule has 0 spiro atoms. The number of halogens is 1. The van der Waals surface area contributed by atoms with Gasteiger partial charge >= 0.3 is 0 Å². The maximum Gasteiger partial charge on any atom is 0.227 e. The molecule has 0 aromatic carbocycles. The molecule has 5 rings (SSSR count). The minimum atomic E-state index is -3.09. The number of hydrogen-bond donors (Lipinski definition) is 2. The van der Waals surface area contributed by atoms with Gasteiger partial charge in [-0.3, -0.25) is 0 Å². The van der Waals surface area contributed by atoms with Crippen molar-refractivity contribution in [3.05, 3.63) is 36.3 Å². The molecule has 2 N–H and O–H groups in total. The molecule has 3 aromatic rings. The summed E-state index contributed by atoms with van der Waals surface area (Å²) in [5.74, 6) is 2.62. The van der Waals surface area contributed by atoms with Crippen molar-refractivity contribution in [2.75, 3.05) is 47.6 Å². The Labute approximate surface area is 228 Å². The van der Waals surface area contributed by atoms with Crippen LogP contribution in [0.3, 0.4) is 0 Å². The van der Waals surface area contributed by atoms with E-state index in [9.17, 15) is 17.9 Å². The first-order valence-corrected chi connectivity index (χ1v) is 15.2. The summed E-state index contributed by atoms with van der Waals surface area (Å²) in [6.45, 7) is 9.13. The molecule has 3 aromatic heterocycles. The Kier molecular flexibility index (Phi) is 7.13. The van der Waals surface area contributed by atoms with Crippen LogP contribution in [0.15, 0.2) is 30.7 Å². The largest absolute Gasteiger partial charge is 0.390 e. The lowest BCUT2D eigenvalue weighted by Gasteiger charge is -2.43. The Hall–Kier alpha value is -3.12. The molecular formula is C27H36FN7O3S. The summed E-state index contributed by atoms with van der Waals surface area (Å²) in [5, 5.41) is 14.7. The molecule has 210 valence electrons. The van der Waals surface area contributed by atoms with Crippen molar-refractivity contribution in [2.45, 2.75) is 57.1 Å². The molecule has 2 fully saturated rings. The summed E-state index contributed by atoms with van der Waals surface area (Å²) in [4.78, 5) is 22.1. The van der Waals surface area contributed by atoms with Crippen LogP contribution in [0.2, 0.25) is 0 Å². The summed E-state index contributed by atoms with van der Waals surface area (Å²) in [5.41, 5.74) is -0.651. The van der Waals surface area contributed by atoms with E-state index < -0.39 is 26.9 Å². The Morgan fingerprint density at radius 2 is 1.85 bits per heavy atom. The highest BCUT2D eigenvalue weighted by molar-refractivity contribution is 7.91. The average molecular weight is 558 g/mol. The normalized spacial score (nSPS) is 23.2. The Morgan fingerprint density at radius 1 is 1.10 bits per heavy atom. The molecule has 39 heavy (non-hydrogen) atoms.